The molecule has 1 fully saturated rings. The molecular formula is C12H27NSi. The van der Waals surface area contributed by atoms with E-state index in [1.54, 1.807) is 0 Å². The number of hydrogen-bond donors (Lipinski definition) is 1. The predicted octanol–water partition coefficient (Wildman–Crippen LogP) is 3.16. The van der Waals surface area contributed by atoms with Crippen LogP contribution in [0.25, 0.3) is 0 Å². The van der Waals surface area contributed by atoms with Crippen LogP contribution in [0.3, 0.4) is 0 Å². The number of nitrogens with two attached hydrogens (primary N) is 1. The maximum Gasteiger partial charge on any atom is 0.0321 e. The second-order valence-electron chi connectivity index (χ2n) is 5.47. The monoisotopic (exact) mass is 213 g/mol. The van der Waals surface area contributed by atoms with E-state index < -0.39 is 8.80 Å². The largest absolute Gasteiger partial charge is 0.328 e. The van der Waals surface area contributed by atoms with Gasteiger partial charge in [0, 0.05) is 14.8 Å². The molecule has 0 heterocycles. The first-order valence-electron chi connectivity index (χ1n) is 6.44. The van der Waals surface area contributed by atoms with Crippen LogP contribution in [0.4, 0.5) is 0 Å². The molecule has 0 radical (unpaired) electrons. The van der Waals surface area contributed by atoms with E-state index in [2.05, 4.69) is 13.1 Å². The van der Waals surface area contributed by atoms with Gasteiger partial charge in [0.05, 0.1) is 0 Å². The molecule has 2 N–H and O–H groups in total. The summed E-state index contributed by atoms with van der Waals surface area (Å²) in [5, 5.41) is 0. The maximum absolute atomic E-state index is 6.13. The van der Waals surface area contributed by atoms with Gasteiger partial charge in [0.15, 0.2) is 0 Å². The molecule has 1 rings (SSSR count). The highest BCUT2D eigenvalue weighted by atomic mass is 28.3. The summed E-state index contributed by atoms with van der Waals surface area (Å²) in [6, 6.07) is 1.86. The second-order valence-corrected chi connectivity index (χ2v) is 8.73. The Kier molecular flexibility index (Phi) is 5.79. The fraction of sp³-hybridized carbons (Fsp3) is 1.00. The summed E-state index contributed by atoms with van der Waals surface area (Å²) in [6.07, 6.45) is 10.1. The van der Waals surface area contributed by atoms with Crippen LogP contribution in [0.15, 0.2) is 0 Å². The van der Waals surface area contributed by atoms with Crippen LogP contribution in [-0.2, 0) is 0 Å². The summed E-state index contributed by atoms with van der Waals surface area (Å²) >= 11 is 0. The Morgan fingerprint density at radius 2 is 1.86 bits per heavy atom. The van der Waals surface area contributed by atoms with Crippen molar-refractivity contribution < 1.29 is 0 Å². The lowest BCUT2D eigenvalue weighted by Gasteiger charge is -2.23. The molecule has 0 aromatic rings. The molecule has 1 nitrogen and oxygen atoms in total. The molecule has 1 atom stereocenters. The van der Waals surface area contributed by atoms with Crippen molar-refractivity contribution in [1.82, 2.24) is 0 Å². The zero-order chi connectivity index (χ0) is 10.4. The van der Waals surface area contributed by atoms with Crippen LogP contribution in [-0.4, -0.2) is 14.8 Å². The van der Waals surface area contributed by atoms with Crippen molar-refractivity contribution in [3.8, 4) is 0 Å². The smallest absolute Gasteiger partial charge is 0.0321 e. The molecule has 1 saturated carbocycles. The lowest BCUT2D eigenvalue weighted by molar-refractivity contribution is 0.325. The highest BCUT2D eigenvalue weighted by Gasteiger charge is 2.15. The Bertz CT molecular complexity index is 141. The molecule has 0 bridgehead atoms. The van der Waals surface area contributed by atoms with Gasteiger partial charge in [-0.1, -0.05) is 45.2 Å². The normalized spacial score (nSPS) is 21.4. The van der Waals surface area contributed by atoms with Crippen LogP contribution in [0.1, 0.15) is 44.9 Å². The van der Waals surface area contributed by atoms with Crippen molar-refractivity contribution in [1.29, 1.82) is 0 Å². The Hall–Kier alpha value is 0.177. The van der Waals surface area contributed by atoms with Gasteiger partial charge < -0.3 is 5.73 Å². The van der Waals surface area contributed by atoms with Crippen LogP contribution in [0.5, 0.6) is 0 Å². The van der Waals surface area contributed by atoms with Gasteiger partial charge in [-0.05, 0) is 24.8 Å². The van der Waals surface area contributed by atoms with Gasteiger partial charge in [-0.2, -0.15) is 0 Å². The van der Waals surface area contributed by atoms with Crippen molar-refractivity contribution in [2.45, 2.75) is 70.1 Å². The minimum Gasteiger partial charge on any atom is -0.328 e. The first-order valence-corrected chi connectivity index (χ1v) is 9.56. The molecule has 0 aromatic carbocycles. The molecule has 2 heteroatoms. The Morgan fingerprint density at radius 3 is 2.43 bits per heavy atom. The van der Waals surface area contributed by atoms with E-state index >= 15 is 0 Å². The average molecular weight is 213 g/mol. The Morgan fingerprint density at radius 1 is 1.21 bits per heavy atom. The fourth-order valence-electron chi connectivity index (χ4n) is 2.65. The summed E-state index contributed by atoms with van der Waals surface area (Å²) < 4.78 is 0. The summed E-state index contributed by atoms with van der Waals surface area (Å²) in [5.41, 5.74) is 6.13. The topological polar surface area (TPSA) is 26.0 Å². The van der Waals surface area contributed by atoms with Gasteiger partial charge in [-0.3, -0.25) is 0 Å². The fourth-order valence-corrected chi connectivity index (χ4v) is 4.10. The van der Waals surface area contributed by atoms with Crippen LogP contribution >= 0.6 is 0 Å². The first kappa shape index (κ1) is 12.2. The molecule has 0 saturated heterocycles. The molecular weight excluding hydrogens is 186 g/mol. The van der Waals surface area contributed by atoms with E-state index in [1.165, 1.54) is 51.0 Å². The Balaban J connectivity index is 2.06. The van der Waals surface area contributed by atoms with Crippen LogP contribution in [0, 0.1) is 5.92 Å². The van der Waals surface area contributed by atoms with E-state index in [0.717, 1.165) is 5.92 Å². The minimum absolute atomic E-state index is 0.427. The van der Waals surface area contributed by atoms with Crippen molar-refractivity contribution in [3.05, 3.63) is 0 Å². The SMILES string of the molecule is C[SiH](C)CC(N)CCC1CCCCC1. The van der Waals surface area contributed by atoms with E-state index in [-0.39, 0.29) is 0 Å². The molecule has 0 aliphatic heterocycles. The van der Waals surface area contributed by atoms with Gasteiger partial charge in [-0.25, -0.2) is 0 Å². The third-order valence-corrected chi connectivity index (χ3v) is 4.99. The number of hydrogen-bond acceptors (Lipinski definition) is 1. The lowest BCUT2D eigenvalue weighted by Crippen LogP contribution is -2.25. The number of rotatable bonds is 5. The molecule has 0 aromatic heterocycles. The third kappa shape index (κ3) is 5.16. The maximum atomic E-state index is 6.13. The van der Waals surface area contributed by atoms with E-state index in [1.807, 2.05) is 0 Å². The van der Waals surface area contributed by atoms with E-state index in [4.69, 9.17) is 5.73 Å². The molecule has 1 aliphatic carbocycles. The predicted molar refractivity (Wildman–Crippen MR) is 67.5 cm³/mol. The zero-order valence-corrected chi connectivity index (χ0v) is 11.1. The molecule has 84 valence electrons. The van der Waals surface area contributed by atoms with Gasteiger partial charge in [0.2, 0.25) is 0 Å². The van der Waals surface area contributed by atoms with Crippen molar-refractivity contribution >= 4 is 8.80 Å². The molecule has 1 unspecified atom stereocenters. The van der Waals surface area contributed by atoms with Gasteiger partial charge in [0.1, 0.15) is 0 Å². The lowest BCUT2D eigenvalue weighted by atomic mass is 9.85. The highest BCUT2D eigenvalue weighted by Crippen LogP contribution is 2.27. The van der Waals surface area contributed by atoms with Crippen molar-refractivity contribution in [2.24, 2.45) is 11.7 Å². The molecule has 1 aliphatic rings. The van der Waals surface area contributed by atoms with Crippen molar-refractivity contribution in [3.63, 3.8) is 0 Å². The summed E-state index contributed by atoms with van der Waals surface area (Å²) in [5.74, 6) is 1.02. The zero-order valence-electron chi connectivity index (χ0n) is 9.97. The molecule has 14 heavy (non-hydrogen) atoms. The van der Waals surface area contributed by atoms with E-state index in [9.17, 15) is 0 Å². The first-order chi connectivity index (χ1) is 6.68. The summed E-state index contributed by atoms with van der Waals surface area (Å²) in [6.45, 7) is 4.81. The van der Waals surface area contributed by atoms with E-state index in [0.29, 0.717) is 6.04 Å². The van der Waals surface area contributed by atoms with Gasteiger partial charge >= 0.3 is 0 Å². The average Bonchev–Trinajstić information content (AvgIpc) is 2.15. The van der Waals surface area contributed by atoms with Crippen LogP contribution in [0.2, 0.25) is 19.1 Å². The minimum atomic E-state index is -0.427. The third-order valence-electron chi connectivity index (χ3n) is 3.44. The van der Waals surface area contributed by atoms with Crippen molar-refractivity contribution in [2.75, 3.05) is 0 Å². The molecule has 0 amide bonds. The quantitative estimate of drug-likeness (QED) is 0.698. The van der Waals surface area contributed by atoms with Gasteiger partial charge in [-0.15, -0.1) is 0 Å². The second kappa shape index (κ2) is 6.62. The summed E-state index contributed by atoms with van der Waals surface area (Å²) in [7, 11) is -0.427. The Labute approximate surface area is 91.1 Å². The van der Waals surface area contributed by atoms with Gasteiger partial charge in [0.25, 0.3) is 0 Å². The molecule has 0 spiro atoms. The van der Waals surface area contributed by atoms with Crippen LogP contribution < -0.4 is 5.73 Å². The standard InChI is InChI=1S/C12H27NSi/c1-14(2)10-12(13)9-8-11-6-4-3-5-7-11/h11-12,14H,3-10,13H2,1-2H3. The highest BCUT2D eigenvalue weighted by molar-refractivity contribution is 6.55. The summed E-state index contributed by atoms with van der Waals surface area (Å²) in [4.78, 5) is 0.